The van der Waals surface area contributed by atoms with Gasteiger partial charge in [-0.2, -0.15) is 0 Å². The van der Waals surface area contributed by atoms with Gasteiger partial charge in [0.05, 0.1) is 18.3 Å². The maximum atomic E-state index is 13.6. The molecule has 1 aromatic heterocycles. The number of likely N-dealkylation sites (N-methyl/N-ethyl adjacent to an activating group) is 1. The standard InChI is InChI=1S/C29H29FN4O2/c1-3-31-20(2)28(35)33-26-16-17-27(22-9-5-4-6-10-22)34(29(26)36)19-21-8-7-11-25(18-21)32-24-14-12-23(30)13-15-24/h4-18,20,31-32H,3,19H2,1-2H3,(H,33,35). The van der Waals surface area contributed by atoms with E-state index in [1.807, 2.05) is 67.6 Å². The SMILES string of the molecule is CCNC(C)C(=O)Nc1ccc(-c2ccccc2)n(Cc2cccc(Nc3ccc(F)cc3)c2)c1=O. The van der Waals surface area contributed by atoms with Crippen molar-refractivity contribution in [3.05, 3.63) is 113 Å². The fourth-order valence-electron chi connectivity index (χ4n) is 3.96. The molecule has 0 aliphatic heterocycles. The highest BCUT2D eigenvalue weighted by Gasteiger charge is 2.16. The number of benzene rings is 3. The number of carbonyl (C=O) groups is 1. The molecule has 4 rings (SSSR count). The summed E-state index contributed by atoms with van der Waals surface area (Å²) in [5.41, 5.74) is 4.05. The monoisotopic (exact) mass is 484 g/mol. The Labute approximate surface area is 209 Å². The molecule has 184 valence electrons. The predicted octanol–water partition coefficient (Wildman–Crippen LogP) is 5.38. The Morgan fingerprint density at radius 1 is 0.917 bits per heavy atom. The van der Waals surface area contributed by atoms with Gasteiger partial charge >= 0.3 is 0 Å². The molecule has 0 aliphatic rings. The van der Waals surface area contributed by atoms with Crippen molar-refractivity contribution in [3.63, 3.8) is 0 Å². The van der Waals surface area contributed by atoms with Gasteiger partial charge in [0.25, 0.3) is 5.56 Å². The molecule has 4 aromatic rings. The molecule has 0 saturated heterocycles. The normalized spacial score (nSPS) is 11.6. The van der Waals surface area contributed by atoms with Crippen LogP contribution < -0.4 is 21.5 Å². The lowest BCUT2D eigenvalue weighted by atomic mass is 10.1. The van der Waals surface area contributed by atoms with Crippen molar-refractivity contribution in [1.29, 1.82) is 0 Å². The Morgan fingerprint density at radius 2 is 1.67 bits per heavy atom. The Morgan fingerprint density at radius 3 is 2.39 bits per heavy atom. The second-order valence-electron chi connectivity index (χ2n) is 8.49. The van der Waals surface area contributed by atoms with E-state index in [1.165, 1.54) is 12.1 Å². The van der Waals surface area contributed by atoms with E-state index in [0.29, 0.717) is 13.1 Å². The first kappa shape index (κ1) is 24.9. The number of amides is 1. The van der Waals surface area contributed by atoms with Crippen LogP contribution in [0.5, 0.6) is 0 Å². The van der Waals surface area contributed by atoms with Crippen LogP contribution in [0.2, 0.25) is 0 Å². The molecule has 3 N–H and O–H groups in total. The number of halogens is 1. The van der Waals surface area contributed by atoms with Gasteiger partial charge in [-0.1, -0.05) is 49.4 Å². The lowest BCUT2D eigenvalue weighted by Gasteiger charge is -2.17. The van der Waals surface area contributed by atoms with Gasteiger partial charge in [0.2, 0.25) is 5.91 Å². The van der Waals surface area contributed by atoms with Gasteiger partial charge in [-0.25, -0.2) is 4.39 Å². The molecule has 7 heteroatoms. The van der Waals surface area contributed by atoms with Gasteiger partial charge in [0.15, 0.2) is 0 Å². The van der Waals surface area contributed by atoms with E-state index in [1.54, 1.807) is 29.7 Å². The molecular weight excluding hydrogens is 455 g/mol. The van der Waals surface area contributed by atoms with Crippen LogP contribution in [0.25, 0.3) is 11.3 Å². The number of aromatic nitrogens is 1. The van der Waals surface area contributed by atoms with Crippen LogP contribution in [0.3, 0.4) is 0 Å². The summed E-state index contributed by atoms with van der Waals surface area (Å²) in [6, 6.07) is 26.6. The minimum atomic E-state index is -0.425. The van der Waals surface area contributed by atoms with Gasteiger partial charge in [-0.05, 0) is 73.1 Å². The molecule has 6 nitrogen and oxygen atoms in total. The van der Waals surface area contributed by atoms with Crippen molar-refractivity contribution < 1.29 is 9.18 Å². The van der Waals surface area contributed by atoms with E-state index in [4.69, 9.17) is 0 Å². The third-order valence-electron chi connectivity index (χ3n) is 5.81. The molecule has 3 aromatic carbocycles. The van der Waals surface area contributed by atoms with E-state index < -0.39 is 6.04 Å². The number of carbonyl (C=O) groups excluding carboxylic acids is 1. The minimum absolute atomic E-state index is 0.227. The van der Waals surface area contributed by atoms with Gasteiger partial charge in [0, 0.05) is 11.4 Å². The molecule has 36 heavy (non-hydrogen) atoms. The number of anilines is 3. The van der Waals surface area contributed by atoms with Crippen LogP contribution in [-0.2, 0) is 11.3 Å². The topological polar surface area (TPSA) is 75.2 Å². The summed E-state index contributed by atoms with van der Waals surface area (Å²) in [7, 11) is 0. The average Bonchev–Trinajstić information content (AvgIpc) is 2.89. The second kappa shape index (κ2) is 11.5. The number of nitrogens with zero attached hydrogens (tertiary/aromatic N) is 1. The van der Waals surface area contributed by atoms with Crippen LogP contribution in [0.15, 0.2) is 95.8 Å². The zero-order valence-electron chi connectivity index (χ0n) is 20.3. The molecule has 1 amide bonds. The first-order valence-corrected chi connectivity index (χ1v) is 11.9. The van der Waals surface area contributed by atoms with Crippen LogP contribution in [-0.4, -0.2) is 23.1 Å². The Kier molecular flexibility index (Phi) is 7.92. The van der Waals surface area contributed by atoms with E-state index in [0.717, 1.165) is 28.2 Å². The summed E-state index contributed by atoms with van der Waals surface area (Å²) in [5.74, 6) is -0.563. The Bertz CT molecular complexity index is 1380. The number of hydrogen-bond donors (Lipinski definition) is 3. The average molecular weight is 485 g/mol. The summed E-state index contributed by atoms with van der Waals surface area (Å²) in [6.07, 6.45) is 0. The largest absolute Gasteiger partial charge is 0.356 e. The molecular formula is C29H29FN4O2. The molecule has 0 radical (unpaired) electrons. The van der Waals surface area contributed by atoms with Gasteiger partial charge < -0.3 is 20.5 Å². The first-order chi connectivity index (χ1) is 17.4. The molecule has 1 heterocycles. The number of rotatable bonds is 9. The van der Waals surface area contributed by atoms with Crippen LogP contribution in [0.4, 0.5) is 21.5 Å². The van der Waals surface area contributed by atoms with Crippen LogP contribution in [0.1, 0.15) is 19.4 Å². The number of nitrogens with one attached hydrogen (secondary N) is 3. The summed E-state index contributed by atoms with van der Waals surface area (Å²) in [4.78, 5) is 26.1. The van der Waals surface area contributed by atoms with Gasteiger partial charge in [0.1, 0.15) is 11.5 Å². The fraction of sp³-hybridized carbons (Fsp3) is 0.172. The Balaban J connectivity index is 1.67. The summed E-state index contributed by atoms with van der Waals surface area (Å²) in [6.45, 7) is 4.63. The molecule has 0 aliphatic carbocycles. The molecule has 0 saturated carbocycles. The minimum Gasteiger partial charge on any atom is -0.356 e. The maximum absolute atomic E-state index is 13.6. The Hall–Kier alpha value is -4.23. The van der Waals surface area contributed by atoms with Crippen LogP contribution in [0, 0.1) is 5.82 Å². The first-order valence-electron chi connectivity index (χ1n) is 11.9. The van der Waals surface area contributed by atoms with Crippen molar-refractivity contribution in [2.75, 3.05) is 17.2 Å². The highest BCUT2D eigenvalue weighted by Crippen LogP contribution is 2.22. The van der Waals surface area contributed by atoms with E-state index >= 15 is 0 Å². The number of pyridine rings is 1. The van der Waals surface area contributed by atoms with Crippen LogP contribution >= 0.6 is 0 Å². The zero-order chi connectivity index (χ0) is 25.5. The van der Waals surface area contributed by atoms with Crippen molar-refractivity contribution in [3.8, 4) is 11.3 Å². The second-order valence-corrected chi connectivity index (χ2v) is 8.49. The third kappa shape index (κ3) is 6.06. The lowest BCUT2D eigenvalue weighted by Crippen LogP contribution is -2.39. The molecule has 1 unspecified atom stereocenters. The maximum Gasteiger partial charge on any atom is 0.275 e. The summed E-state index contributed by atoms with van der Waals surface area (Å²) < 4.78 is 14.9. The summed E-state index contributed by atoms with van der Waals surface area (Å²) >= 11 is 0. The van der Waals surface area contributed by atoms with E-state index in [-0.39, 0.29) is 23.0 Å². The van der Waals surface area contributed by atoms with E-state index in [9.17, 15) is 14.0 Å². The highest BCUT2D eigenvalue weighted by atomic mass is 19.1. The van der Waals surface area contributed by atoms with Crippen molar-refractivity contribution in [1.82, 2.24) is 9.88 Å². The van der Waals surface area contributed by atoms with Crippen molar-refractivity contribution >= 4 is 23.0 Å². The third-order valence-corrected chi connectivity index (χ3v) is 5.81. The lowest BCUT2D eigenvalue weighted by molar-refractivity contribution is -0.117. The fourth-order valence-corrected chi connectivity index (χ4v) is 3.96. The highest BCUT2D eigenvalue weighted by molar-refractivity contribution is 5.94. The molecule has 0 bridgehead atoms. The molecule has 0 fully saturated rings. The zero-order valence-corrected chi connectivity index (χ0v) is 20.3. The van der Waals surface area contributed by atoms with E-state index in [2.05, 4.69) is 16.0 Å². The number of hydrogen-bond acceptors (Lipinski definition) is 4. The summed E-state index contributed by atoms with van der Waals surface area (Å²) in [5, 5.41) is 9.09. The van der Waals surface area contributed by atoms with Gasteiger partial charge in [-0.15, -0.1) is 0 Å². The van der Waals surface area contributed by atoms with Crippen molar-refractivity contribution in [2.24, 2.45) is 0 Å². The molecule has 0 spiro atoms. The quantitative estimate of drug-likeness (QED) is 0.298. The molecule has 1 atom stereocenters. The smallest absolute Gasteiger partial charge is 0.275 e. The predicted molar refractivity (Wildman–Crippen MR) is 143 cm³/mol. The van der Waals surface area contributed by atoms with Gasteiger partial charge in [-0.3, -0.25) is 9.59 Å². The van der Waals surface area contributed by atoms with Crippen molar-refractivity contribution in [2.45, 2.75) is 26.4 Å².